The number of nitrogens with zero attached hydrogens (tertiary/aromatic N) is 2. The molecule has 0 amide bonds. The third-order valence-corrected chi connectivity index (χ3v) is 7.23. The first-order valence-electron chi connectivity index (χ1n) is 10.6. The number of rotatable bonds is 7. The molecular weight excluding hydrogens is 488 g/mol. The summed E-state index contributed by atoms with van der Waals surface area (Å²) in [4.78, 5) is 49.1. The Morgan fingerprint density at radius 2 is 1.20 bits per heavy atom. The van der Waals surface area contributed by atoms with E-state index in [-0.39, 0.29) is 35.2 Å². The Balaban J connectivity index is 1.26. The fraction of sp³-hybridized carbons (Fsp3) is 0.120. The highest BCUT2D eigenvalue weighted by atomic mass is 32.1. The Hall–Kier alpha value is -4.02. The van der Waals surface area contributed by atoms with Crippen molar-refractivity contribution >= 4 is 55.0 Å². The molecule has 35 heavy (non-hydrogen) atoms. The zero-order valence-electron chi connectivity index (χ0n) is 18.2. The van der Waals surface area contributed by atoms with Crippen LogP contribution >= 0.6 is 22.7 Å². The highest BCUT2D eigenvalue weighted by Crippen LogP contribution is 2.21. The van der Waals surface area contributed by atoms with Gasteiger partial charge in [0, 0.05) is 5.56 Å². The van der Waals surface area contributed by atoms with Crippen LogP contribution < -0.4 is 14.5 Å². The van der Waals surface area contributed by atoms with Gasteiger partial charge in [-0.2, -0.15) is 0 Å². The predicted molar refractivity (Wildman–Crippen MR) is 134 cm³/mol. The molecule has 0 saturated heterocycles. The maximum Gasteiger partial charge on any atom is 0.331 e. The van der Waals surface area contributed by atoms with Crippen molar-refractivity contribution in [3.63, 3.8) is 0 Å². The lowest BCUT2D eigenvalue weighted by Gasteiger charge is -2.11. The molecule has 0 saturated carbocycles. The quantitative estimate of drug-likeness (QED) is 0.246. The normalized spacial score (nSPS) is 11.1. The van der Waals surface area contributed by atoms with Gasteiger partial charge in [0.15, 0.2) is 0 Å². The van der Waals surface area contributed by atoms with Crippen molar-refractivity contribution in [2.24, 2.45) is 0 Å². The molecule has 0 spiro atoms. The molecule has 0 bridgehead atoms. The fourth-order valence-electron chi connectivity index (χ4n) is 3.67. The smallest absolute Gasteiger partial charge is 0.331 e. The van der Waals surface area contributed by atoms with Gasteiger partial charge in [-0.25, -0.2) is 4.79 Å². The van der Waals surface area contributed by atoms with Crippen LogP contribution in [0.2, 0.25) is 0 Å². The molecule has 5 aromatic rings. The molecule has 0 radical (unpaired) electrons. The number of benzene rings is 3. The Morgan fingerprint density at radius 1 is 0.686 bits per heavy atom. The Labute approximate surface area is 206 Å². The second kappa shape index (κ2) is 9.69. The Kier molecular flexibility index (Phi) is 6.30. The zero-order chi connectivity index (χ0) is 24.4. The minimum atomic E-state index is -0.620. The molecule has 2 heterocycles. The van der Waals surface area contributed by atoms with E-state index >= 15 is 0 Å². The third-order valence-electron chi connectivity index (χ3n) is 5.31. The van der Waals surface area contributed by atoms with Crippen LogP contribution in [0.4, 0.5) is 0 Å². The Morgan fingerprint density at radius 3 is 1.83 bits per heavy atom. The monoisotopic (exact) mass is 506 g/mol. The van der Waals surface area contributed by atoms with Gasteiger partial charge in [-0.15, -0.1) is 0 Å². The Bertz CT molecular complexity index is 1680. The average molecular weight is 507 g/mol. The standard InChI is InChI=1S/C25H18N2O6S2/c28-22(13-26-17-8-2-5-11-20(17)34-24(26)30)32-15-16-7-1-4-10-19(16)33-23(29)14-27-18-9-3-6-12-21(18)35-25(27)31/h1-12H,13-15H2. The lowest BCUT2D eigenvalue weighted by Crippen LogP contribution is -2.23. The minimum Gasteiger partial charge on any atom is -0.459 e. The van der Waals surface area contributed by atoms with Crippen molar-refractivity contribution in [2.75, 3.05) is 0 Å². The SMILES string of the molecule is O=C(Cn1c(=O)sc2ccccc21)OCc1ccccc1OC(=O)Cn1c(=O)sc2ccccc21. The van der Waals surface area contributed by atoms with E-state index in [1.54, 1.807) is 48.5 Å². The maximum atomic E-state index is 12.6. The molecule has 8 nitrogen and oxygen atoms in total. The van der Waals surface area contributed by atoms with Gasteiger partial charge in [-0.05, 0) is 30.3 Å². The number of aromatic nitrogens is 2. The number of carbonyl (C=O) groups excluding carboxylic acids is 2. The number of fused-ring (bicyclic) bond motifs is 2. The van der Waals surface area contributed by atoms with Gasteiger partial charge in [-0.3, -0.25) is 23.5 Å². The topological polar surface area (TPSA) is 96.6 Å². The van der Waals surface area contributed by atoms with E-state index in [1.807, 2.05) is 24.3 Å². The van der Waals surface area contributed by atoms with Crippen molar-refractivity contribution in [2.45, 2.75) is 19.7 Å². The average Bonchev–Trinajstić information content (AvgIpc) is 3.34. The molecule has 176 valence electrons. The van der Waals surface area contributed by atoms with Crippen molar-refractivity contribution in [1.82, 2.24) is 9.13 Å². The number of hydrogen-bond acceptors (Lipinski definition) is 8. The van der Waals surface area contributed by atoms with E-state index in [2.05, 4.69) is 0 Å². The van der Waals surface area contributed by atoms with Crippen molar-refractivity contribution in [3.8, 4) is 5.75 Å². The molecule has 0 aliphatic carbocycles. The van der Waals surface area contributed by atoms with E-state index in [9.17, 15) is 19.2 Å². The summed E-state index contributed by atoms with van der Waals surface area (Å²) in [5.41, 5.74) is 1.82. The first-order valence-corrected chi connectivity index (χ1v) is 12.2. The molecule has 2 aromatic heterocycles. The van der Waals surface area contributed by atoms with Crippen molar-refractivity contribution in [3.05, 3.63) is 97.7 Å². The molecule has 0 unspecified atom stereocenters. The third kappa shape index (κ3) is 4.79. The van der Waals surface area contributed by atoms with E-state index in [0.717, 1.165) is 32.1 Å². The van der Waals surface area contributed by atoms with Crippen LogP contribution in [0.15, 0.2) is 82.4 Å². The van der Waals surface area contributed by atoms with Crippen LogP contribution in [0.5, 0.6) is 5.75 Å². The van der Waals surface area contributed by atoms with Gasteiger partial charge in [0.25, 0.3) is 0 Å². The van der Waals surface area contributed by atoms with Gasteiger partial charge in [0.1, 0.15) is 25.4 Å². The van der Waals surface area contributed by atoms with Gasteiger partial charge < -0.3 is 9.47 Å². The van der Waals surface area contributed by atoms with Crippen LogP contribution in [0.25, 0.3) is 20.4 Å². The van der Waals surface area contributed by atoms with Gasteiger partial charge in [-0.1, -0.05) is 65.1 Å². The summed E-state index contributed by atoms with van der Waals surface area (Å²) in [6.07, 6.45) is 0. The van der Waals surface area contributed by atoms with Crippen molar-refractivity contribution < 1.29 is 19.1 Å². The highest BCUT2D eigenvalue weighted by molar-refractivity contribution is 7.16. The van der Waals surface area contributed by atoms with Crippen molar-refractivity contribution in [1.29, 1.82) is 0 Å². The van der Waals surface area contributed by atoms with E-state index < -0.39 is 11.9 Å². The van der Waals surface area contributed by atoms with Crippen LogP contribution in [0.3, 0.4) is 0 Å². The summed E-state index contributed by atoms with van der Waals surface area (Å²) in [7, 11) is 0. The molecule has 5 rings (SSSR count). The van der Waals surface area contributed by atoms with Gasteiger partial charge in [0.05, 0.1) is 20.4 Å². The summed E-state index contributed by atoms with van der Waals surface area (Å²) >= 11 is 2.13. The lowest BCUT2D eigenvalue weighted by atomic mass is 10.2. The number of carbonyl (C=O) groups is 2. The largest absolute Gasteiger partial charge is 0.459 e. The van der Waals surface area contributed by atoms with Crippen LogP contribution in [0.1, 0.15) is 5.56 Å². The number of para-hydroxylation sites is 3. The summed E-state index contributed by atoms with van der Waals surface area (Å²) in [6, 6.07) is 21.1. The number of ether oxygens (including phenoxy) is 2. The van der Waals surface area contributed by atoms with E-state index in [0.29, 0.717) is 16.6 Å². The molecule has 0 aliphatic rings. The lowest BCUT2D eigenvalue weighted by molar-refractivity contribution is -0.145. The molecule has 0 atom stereocenters. The minimum absolute atomic E-state index is 0.138. The number of esters is 2. The van der Waals surface area contributed by atoms with Gasteiger partial charge in [0.2, 0.25) is 0 Å². The first kappa shape index (κ1) is 22.8. The predicted octanol–water partition coefficient (Wildman–Crippen LogP) is 3.79. The molecule has 3 aromatic carbocycles. The van der Waals surface area contributed by atoms with Crippen LogP contribution in [-0.2, 0) is 34.0 Å². The first-order chi connectivity index (χ1) is 17.0. The van der Waals surface area contributed by atoms with E-state index in [4.69, 9.17) is 9.47 Å². The number of hydrogen-bond donors (Lipinski definition) is 0. The molecular formula is C25H18N2O6S2. The molecule has 0 N–H and O–H groups in total. The zero-order valence-corrected chi connectivity index (χ0v) is 19.8. The molecule has 10 heteroatoms. The second-order valence-electron chi connectivity index (χ2n) is 7.59. The summed E-state index contributed by atoms with van der Waals surface area (Å²) in [6.45, 7) is -0.607. The highest BCUT2D eigenvalue weighted by Gasteiger charge is 2.16. The number of thiazole rings is 2. The van der Waals surface area contributed by atoms with E-state index in [1.165, 1.54) is 9.13 Å². The van der Waals surface area contributed by atoms with Crippen LogP contribution in [-0.4, -0.2) is 21.1 Å². The maximum absolute atomic E-state index is 12.6. The van der Waals surface area contributed by atoms with Gasteiger partial charge >= 0.3 is 21.7 Å². The fourth-order valence-corrected chi connectivity index (χ4v) is 5.45. The molecule has 0 fully saturated rings. The van der Waals surface area contributed by atoms with Crippen LogP contribution in [0, 0.1) is 0 Å². The molecule has 0 aliphatic heterocycles. The second-order valence-corrected chi connectivity index (χ2v) is 9.57. The summed E-state index contributed by atoms with van der Waals surface area (Å²) in [5.74, 6) is -0.977. The summed E-state index contributed by atoms with van der Waals surface area (Å²) in [5, 5.41) is 0. The summed E-state index contributed by atoms with van der Waals surface area (Å²) < 4.78 is 15.2.